The van der Waals surface area contributed by atoms with E-state index in [0.29, 0.717) is 0 Å². The van der Waals surface area contributed by atoms with Crippen LogP contribution < -0.4 is 0 Å². The quantitative estimate of drug-likeness (QED) is 0.461. The Labute approximate surface area is 144 Å². The number of hydrogen-bond donors (Lipinski definition) is 1. The summed E-state index contributed by atoms with van der Waals surface area (Å²) in [6, 6.07) is 20.7. The fourth-order valence-electron chi connectivity index (χ4n) is 2.41. The number of benzene rings is 2. The summed E-state index contributed by atoms with van der Waals surface area (Å²) < 4.78 is 0. The molecule has 0 fully saturated rings. The molecule has 0 heterocycles. The standard InChI is InChI=1S/C21H26OS/c1-2-3-6-15-21(23-19-13-9-5-10-14-19)20(22)17-16-18-11-7-4-8-12-18/h4-5,7-15,20,22H,2-3,6,16-17H2,1H3/b21-15+/t20-/m1/s1. The Hall–Kier alpha value is -1.51. The van der Waals surface area contributed by atoms with E-state index in [1.807, 2.05) is 24.3 Å². The molecule has 0 aromatic heterocycles. The minimum atomic E-state index is -0.391. The Bertz CT molecular complexity index is 577. The Morgan fingerprint density at radius 1 is 1.04 bits per heavy atom. The molecule has 0 radical (unpaired) electrons. The second-order valence-corrected chi connectivity index (χ2v) is 6.85. The third-order valence-corrected chi connectivity index (χ3v) is 4.94. The molecule has 122 valence electrons. The minimum Gasteiger partial charge on any atom is -0.388 e. The summed E-state index contributed by atoms with van der Waals surface area (Å²) in [6.07, 6.45) is 6.89. The monoisotopic (exact) mass is 326 g/mol. The average Bonchev–Trinajstić information content (AvgIpc) is 2.61. The molecular weight excluding hydrogens is 300 g/mol. The van der Waals surface area contributed by atoms with Crippen molar-refractivity contribution >= 4 is 11.8 Å². The van der Waals surface area contributed by atoms with Crippen LogP contribution in [0.5, 0.6) is 0 Å². The van der Waals surface area contributed by atoms with E-state index in [0.717, 1.165) is 24.2 Å². The summed E-state index contributed by atoms with van der Waals surface area (Å²) in [5, 5.41) is 10.6. The molecule has 0 saturated heterocycles. The van der Waals surface area contributed by atoms with Crippen molar-refractivity contribution in [2.75, 3.05) is 0 Å². The van der Waals surface area contributed by atoms with E-state index in [1.54, 1.807) is 11.8 Å². The van der Waals surface area contributed by atoms with E-state index in [-0.39, 0.29) is 0 Å². The smallest absolute Gasteiger partial charge is 0.0851 e. The largest absolute Gasteiger partial charge is 0.388 e. The molecule has 0 aliphatic rings. The van der Waals surface area contributed by atoms with E-state index >= 15 is 0 Å². The van der Waals surface area contributed by atoms with Gasteiger partial charge >= 0.3 is 0 Å². The van der Waals surface area contributed by atoms with Crippen molar-refractivity contribution in [1.29, 1.82) is 0 Å². The molecule has 0 unspecified atom stereocenters. The first-order chi connectivity index (χ1) is 11.3. The van der Waals surface area contributed by atoms with Gasteiger partial charge in [0.25, 0.3) is 0 Å². The summed E-state index contributed by atoms with van der Waals surface area (Å²) in [5.41, 5.74) is 1.28. The van der Waals surface area contributed by atoms with Gasteiger partial charge in [0.15, 0.2) is 0 Å². The van der Waals surface area contributed by atoms with Gasteiger partial charge in [-0.15, -0.1) is 0 Å². The minimum absolute atomic E-state index is 0.391. The van der Waals surface area contributed by atoms with Gasteiger partial charge in [-0.1, -0.05) is 86.1 Å². The van der Waals surface area contributed by atoms with Crippen LogP contribution in [0.15, 0.2) is 76.5 Å². The van der Waals surface area contributed by atoms with Crippen molar-refractivity contribution in [2.45, 2.75) is 50.0 Å². The molecule has 0 saturated carbocycles. The van der Waals surface area contributed by atoms with Crippen LogP contribution in [0.2, 0.25) is 0 Å². The fourth-order valence-corrected chi connectivity index (χ4v) is 3.43. The van der Waals surface area contributed by atoms with Crippen LogP contribution in [0.3, 0.4) is 0 Å². The van der Waals surface area contributed by atoms with E-state index in [4.69, 9.17) is 0 Å². The summed E-state index contributed by atoms with van der Waals surface area (Å²) in [7, 11) is 0. The van der Waals surface area contributed by atoms with Crippen molar-refractivity contribution in [3.8, 4) is 0 Å². The number of allylic oxidation sites excluding steroid dienone is 1. The predicted molar refractivity (Wildman–Crippen MR) is 101 cm³/mol. The number of rotatable bonds is 9. The van der Waals surface area contributed by atoms with E-state index in [9.17, 15) is 5.11 Å². The van der Waals surface area contributed by atoms with E-state index in [1.165, 1.54) is 23.3 Å². The first kappa shape index (κ1) is 17.8. The molecule has 2 rings (SSSR count). The Morgan fingerprint density at radius 3 is 2.35 bits per heavy atom. The molecule has 23 heavy (non-hydrogen) atoms. The normalized spacial score (nSPS) is 13.0. The van der Waals surface area contributed by atoms with Gasteiger partial charge in [-0.05, 0) is 37.0 Å². The van der Waals surface area contributed by atoms with Crippen molar-refractivity contribution in [2.24, 2.45) is 0 Å². The highest BCUT2D eigenvalue weighted by Gasteiger charge is 2.12. The van der Waals surface area contributed by atoms with Crippen LogP contribution in [0.4, 0.5) is 0 Å². The summed E-state index contributed by atoms with van der Waals surface area (Å²) in [5.74, 6) is 0. The van der Waals surface area contributed by atoms with Gasteiger partial charge in [0, 0.05) is 9.80 Å². The topological polar surface area (TPSA) is 20.2 Å². The predicted octanol–water partition coefficient (Wildman–Crippen LogP) is 5.85. The SMILES string of the molecule is CCCC/C=C(/Sc1ccccc1)[C@H](O)CCc1ccccc1. The van der Waals surface area contributed by atoms with Gasteiger partial charge in [0.05, 0.1) is 6.10 Å². The third-order valence-electron chi connectivity index (χ3n) is 3.76. The molecule has 1 N–H and O–H groups in total. The van der Waals surface area contributed by atoms with Crippen LogP contribution in [-0.2, 0) is 6.42 Å². The zero-order chi connectivity index (χ0) is 16.3. The van der Waals surface area contributed by atoms with Crippen molar-refractivity contribution < 1.29 is 5.11 Å². The number of unbranched alkanes of at least 4 members (excludes halogenated alkanes) is 2. The molecule has 0 aliphatic carbocycles. The zero-order valence-electron chi connectivity index (χ0n) is 13.8. The molecule has 0 bridgehead atoms. The molecule has 1 atom stereocenters. The van der Waals surface area contributed by atoms with Crippen LogP contribution >= 0.6 is 11.8 Å². The average molecular weight is 327 g/mol. The Kier molecular flexibility index (Phi) is 7.99. The lowest BCUT2D eigenvalue weighted by molar-refractivity contribution is 0.209. The molecular formula is C21H26OS. The van der Waals surface area contributed by atoms with Crippen molar-refractivity contribution in [3.63, 3.8) is 0 Å². The summed E-state index contributed by atoms with van der Waals surface area (Å²) >= 11 is 1.69. The fraction of sp³-hybridized carbons (Fsp3) is 0.333. The maximum absolute atomic E-state index is 10.6. The number of hydrogen-bond acceptors (Lipinski definition) is 2. The number of thioether (sulfide) groups is 1. The van der Waals surface area contributed by atoms with Gasteiger partial charge in [-0.2, -0.15) is 0 Å². The van der Waals surface area contributed by atoms with Crippen molar-refractivity contribution in [1.82, 2.24) is 0 Å². The molecule has 0 aliphatic heterocycles. The molecule has 2 aromatic rings. The number of aryl methyl sites for hydroxylation is 1. The number of aliphatic hydroxyl groups is 1. The second-order valence-electron chi connectivity index (χ2n) is 5.70. The van der Waals surface area contributed by atoms with Crippen LogP contribution in [-0.4, -0.2) is 11.2 Å². The van der Waals surface area contributed by atoms with Gasteiger partial charge in [0.1, 0.15) is 0 Å². The lowest BCUT2D eigenvalue weighted by atomic mass is 10.1. The first-order valence-corrected chi connectivity index (χ1v) is 9.26. The summed E-state index contributed by atoms with van der Waals surface area (Å²) in [4.78, 5) is 2.27. The van der Waals surface area contributed by atoms with Crippen LogP contribution in [0, 0.1) is 0 Å². The molecule has 2 aromatic carbocycles. The van der Waals surface area contributed by atoms with E-state index < -0.39 is 6.10 Å². The van der Waals surface area contributed by atoms with Gasteiger partial charge in [0.2, 0.25) is 0 Å². The van der Waals surface area contributed by atoms with Crippen LogP contribution in [0.25, 0.3) is 0 Å². The Balaban J connectivity index is 1.98. The van der Waals surface area contributed by atoms with Gasteiger partial charge in [-0.25, -0.2) is 0 Å². The molecule has 2 heteroatoms. The molecule has 1 nitrogen and oxygen atoms in total. The number of aliphatic hydroxyl groups excluding tert-OH is 1. The molecule has 0 spiro atoms. The highest BCUT2D eigenvalue weighted by atomic mass is 32.2. The first-order valence-electron chi connectivity index (χ1n) is 8.44. The van der Waals surface area contributed by atoms with Gasteiger partial charge < -0.3 is 5.11 Å². The van der Waals surface area contributed by atoms with E-state index in [2.05, 4.69) is 49.4 Å². The highest BCUT2D eigenvalue weighted by molar-refractivity contribution is 8.03. The zero-order valence-corrected chi connectivity index (χ0v) is 14.6. The van der Waals surface area contributed by atoms with Crippen molar-refractivity contribution in [3.05, 3.63) is 77.2 Å². The molecule has 0 amide bonds. The Morgan fingerprint density at radius 2 is 1.70 bits per heavy atom. The summed E-state index contributed by atoms with van der Waals surface area (Å²) in [6.45, 7) is 2.20. The van der Waals surface area contributed by atoms with Gasteiger partial charge in [-0.3, -0.25) is 0 Å². The highest BCUT2D eigenvalue weighted by Crippen LogP contribution is 2.31. The maximum atomic E-state index is 10.6. The lowest BCUT2D eigenvalue weighted by Gasteiger charge is -2.15. The second kappa shape index (κ2) is 10.3. The van der Waals surface area contributed by atoms with Crippen LogP contribution in [0.1, 0.15) is 38.2 Å². The maximum Gasteiger partial charge on any atom is 0.0851 e. The lowest BCUT2D eigenvalue weighted by Crippen LogP contribution is -2.10. The third kappa shape index (κ3) is 6.64.